The molecule has 0 bridgehead atoms. The third kappa shape index (κ3) is 3.17. The first-order chi connectivity index (χ1) is 9.72. The number of aryl methyl sites for hydroxylation is 1. The zero-order chi connectivity index (χ0) is 13.9. The van der Waals surface area contributed by atoms with E-state index in [1.807, 2.05) is 24.3 Å². The molecule has 1 aliphatic carbocycles. The molecule has 1 aromatic heterocycles. The van der Waals surface area contributed by atoms with Gasteiger partial charge in [0.25, 0.3) is 0 Å². The molecule has 1 saturated carbocycles. The van der Waals surface area contributed by atoms with E-state index >= 15 is 0 Å². The van der Waals surface area contributed by atoms with Crippen LogP contribution >= 0.6 is 0 Å². The number of hydrogen-bond donors (Lipinski definition) is 2. The van der Waals surface area contributed by atoms with Gasteiger partial charge in [0.1, 0.15) is 5.52 Å². The van der Waals surface area contributed by atoms with Crippen molar-refractivity contribution >= 4 is 17.0 Å². The second kappa shape index (κ2) is 5.63. The number of aromatic nitrogens is 1. The third-order valence-corrected chi connectivity index (χ3v) is 3.67. The highest BCUT2D eigenvalue weighted by atomic mass is 16.3. The Morgan fingerprint density at radius 1 is 1.45 bits per heavy atom. The minimum atomic E-state index is 0.00311. The molecule has 3 rings (SSSR count). The van der Waals surface area contributed by atoms with Crippen molar-refractivity contribution in [3.63, 3.8) is 0 Å². The fourth-order valence-electron chi connectivity index (χ4n) is 2.26. The zero-order valence-electron chi connectivity index (χ0n) is 11.3. The molecule has 5 nitrogen and oxygen atoms in total. The van der Waals surface area contributed by atoms with Crippen LogP contribution in [-0.4, -0.2) is 23.5 Å². The smallest absolute Gasteiger partial charge is 0.220 e. The van der Waals surface area contributed by atoms with Crippen molar-refractivity contribution in [2.45, 2.75) is 31.7 Å². The van der Waals surface area contributed by atoms with Crippen LogP contribution < -0.4 is 11.1 Å². The summed E-state index contributed by atoms with van der Waals surface area (Å²) in [6, 6.07) is 7.70. The lowest BCUT2D eigenvalue weighted by Crippen LogP contribution is -2.38. The number of carbonyl (C=O) groups excluding carboxylic acids is 1. The van der Waals surface area contributed by atoms with E-state index in [1.54, 1.807) is 0 Å². The molecule has 0 spiro atoms. The van der Waals surface area contributed by atoms with Gasteiger partial charge in [0.15, 0.2) is 11.5 Å². The van der Waals surface area contributed by atoms with Crippen LogP contribution in [-0.2, 0) is 11.2 Å². The molecule has 3 N–H and O–H groups in total. The number of amides is 1. The van der Waals surface area contributed by atoms with E-state index < -0.39 is 0 Å². The fraction of sp³-hybridized carbons (Fsp3) is 0.467. The molecule has 1 amide bonds. The number of nitrogens with zero attached hydrogens (tertiary/aromatic N) is 1. The summed E-state index contributed by atoms with van der Waals surface area (Å²) in [5, 5.41) is 2.87. The second-order valence-electron chi connectivity index (χ2n) is 5.38. The summed E-state index contributed by atoms with van der Waals surface area (Å²) in [6.07, 6.45) is 3.28. The van der Waals surface area contributed by atoms with Crippen LogP contribution in [0.1, 0.15) is 25.2 Å². The number of oxazole rings is 1. The Hall–Kier alpha value is -1.88. The van der Waals surface area contributed by atoms with Gasteiger partial charge < -0.3 is 15.5 Å². The summed E-state index contributed by atoms with van der Waals surface area (Å²) in [6.45, 7) is 0.567. The van der Waals surface area contributed by atoms with Gasteiger partial charge in [-0.2, -0.15) is 0 Å². The highest BCUT2D eigenvalue weighted by molar-refractivity contribution is 5.76. The molecule has 0 radical (unpaired) electrons. The first-order valence-corrected chi connectivity index (χ1v) is 7.09. The number of para-hydroxylation sites is 2. The van der Waals surface area contributed by atoms with Gasteiger partial charge in [-0.3, -0.25) is 4.79 Å². The van der Waals surface area contributed by atoms with Crippen molar-refractivity contribution in [2.75, 3.05) is 6.54 Å². The summed E-state index contributed by atoms with van der Waals surface area (Å²) in [5.41, 5.74) is 7.53. The summed E-state index contributed by atoms with van der Waals surface area (Å²) in [4.78, 5) is 16.1. The average molecular weight is 273 g/mol. The predicted molar refractivity (Wildman–Crippen MR) is 76.0 cm³/mol. The third-order valence-electron chi connectivity index (χ3n) is 3.67. The van der Waals surface area contributed by atoms with Crippen molar-refractivity contribution in [1.29, 1.82) is 0 Å². The fourth-order valence-corrected chi connectivity index (χ4v) is 2.26. The summed E-state index contributed by atoms with van der Waals surface area (Å²) in [5.74, 6) is 1.21. The van der Waals surface area contributed by atoms with E-state index in [9.17, 15) is 4.79 Å². The Labute approximate surface area is 117 Å². The standard InChI is InChI=1S/C15H19N3O2/c16-11(10-5-6-10)9-17-14(19)7-8-15-18-12-3-1-2-4-13(12)20-15/h1-4,10-11H,5-9,16H2,(H,17,19). The first kappa shape index (κ1) is 13.1. The quantitative estimate of drug-likeness (QED) is 0.838. The van der Waals surface area contributed by atoms with Gasteiger partial charge in [0, 0.05) is 25.4 Å². The average Bonchev–Trinajstić information content (AvgIpc) is 3.22. The van der Waals surface area contributed by atoms with E-state index in [4.69, 9.17) is 10.2 Å². The maximum atomic E-state index is 11.7. The van der Waals surface area contributed by atoms with Crippen molar-refractivity contribution in [3.05, 3.63) is 30.2 Å². The van der Waals surface area contributed by atoms with Gasteiger partial charge in [0.2, 0.25) is 5.91 Å². The van der Waals surface area contributed by atoms with Crippen molar-refractivity contribution in [1.82, 2.24) is 10.3 Å². The molecule has 20 heavy (non-hydrogen) atoms. The van der Waals surface area contributed by atoms with Crippen LogP contribution in [0.2, 0.25) is 0 Å². The summed E-state index contributed by atoms with van der Waals surface area (Å²) < 4.78 is 5.58. The Bertz CT molecular complexity index is 571. The van der Waals surface area contributed by atoms with Crippen LogP contribution in [0.15, 0.2) is 28.7 Å². The molecular weight excluding hydrogens is 254 g/mol. The van der Waals surface area contributed by atoms with E-state index in [2.05, 4.69) is 10.3 Å². The molecular formula is C15H19N3O2. The van der Waals surface area contributed by atoms with Crippen molar-refractivity contribution in [2.24, 2.45) is 11.7 Å². The van der Waals surface area contributed by atoms with E-state index in [0.717, 1.165) is 11.1 Å². The number of carbonyl (C=O) groups is 1. The van der Waals surface area contributed by atoms with Gasteiger partial charge in [-0.05, 0) is 30.9 Å². The minimum absolute atomic E-state index is 0.00311. The zero-order valence-corrected chi connectivity index (χ0v) is 11.3. The van der Waals surface area contributed by atoms with Gasteiger partial charge in [-0.15, -0.1) is 0 Å². The number of nitrogens with two attached hydrogens (primary N) is 1. The lowest BCUT2D eigenvalue weighted by Gasteiger charge is -2.10. The van der Waals surface area contributed by atoms with Crippen LogP contribution in [0.4, 0.5) is 0 Å². The van der Waals surface area contributed by atoms with Crippen LogP contribution in [0.3, 0.4) is 0 Å². The topological polar surface area (TPSA) is 81.1 Å². The Morgan fingerprint density at radius 3 is 3.00 bits per heavy atom. The molecule has 5 heteroatoms. The van der Waals surface area contributed by atoms with Gasteiger partial charge in [-0.1, -0.05) is 12.1 Å². The normalized spacial score (nSPS) is 16.2. The van der Waals surface area contributed by atoms with Crippen molar-refractivity contribution < 1.29 is 9.21 Å². The number of fused-ring (bicyclic) bond motifs is 1. The SMILES string of the molecule is NC(CNC(=O)CCc1nc2ccccc2o1)C1CC1. The molecule has 1 heterocycles. The van der Waals surface area contributed by atoms with Gasteiger partial charge in [0.05, 0.1) is 0 Å². The highest BCUT2D eigenvalue weighted by Crippen LogP contribution is 2.31. The Kier molecular flexibility index (Phi) is 3.69. The molecule has 0 aliphatic heterocycles. The molecule has 1 atom stereocenters. The lowest BCUT2D eigenvalue weighted by atomic mass is 10.2. The van der Waals surface area contributed by atoms with Gasteiger partial charge in [-0.25, -0.2) is 4.98 Å². The number of hydrogen-bond acceptors (Lipinski definition) is 4. The highest BCUT2D eigenvalue weighted by Gasteiger charge is 2.28. The maximum Gasteiger partial charge on any atom is 0.220 e. The van der Waals surface area contributed by atoms with Crippen molar-refractivity contribution in [3.8, 4) is 0 Å². The molecule has 1 unspecified atom stereocenters. The predicted octanol–water partition coefficient (Wildman–Crippen LogP) is 1.61. The minimum Gasteiger partial charge on any atom is -0.441 e. The van der Waals surface area contributed by atoms with E-state index in [1.165, 1.54) is 12.8 Å². The number of nitrogens with one attached hydrogen (secondary N) is 1. The largest absolute Gasteiger partial charge is 0.441 e. The summed E-state index contributed by atoms with van der Waals surface area (Å²) >= 11 is 0. The molecule has 106 valence electrons. The number of rotatable bonds is 6. The summed E-state index contributed by atoms with van der Waals surface area (Å²) in [7, 11) is 0. The first-order valence-electron chi connectivity index (χ1n) is 7.09. The Morgan fingerprint density at radius 2 is 2.25 bits per heavy atom. The number of benzene rings is 1. The van der Waals surface area contributed by atoms with E-state index in [-0.39, 0.29) is 11.9 Å². The molecule has 1 aliphatic rings. The van der Waals surface area contributed by atoms with Crippen LogP contribution in [0, 0.1) is 5.92 Å². The van der Waals surface area contributed by atoms with E-state index in [0.29, 0.717) is 31.2 Å². The molecule has 1 fully saturated rings. The lowest BCUT2D eigenvalue weighted by molar-refractivity contribution is -0.121. The molecule has 1 aromatic carbocycles. The second-order valence-corrected chi connectivity index (χ2v) is 5.38. The monoisotopic (exact) mass is 273 g/mol. The van der Waals surface area contributed by atoms with Crippen LogP contribution in [0.25, 0.3) is 11.1 Å². The molecule has 0 saturated heterocycles. The van der Waals surface area contributed by atoms with Crippen LogP contribution in [0.5, 0.6) is 0 Å². The van der Waals surface area contributed by atoms with Gasteiger partial charge >= 0.3 is 0 Å². The maximum absolute atomic E-state index is 11.7. The Balaban J connectivity index is 1.47. The molecule has 2 aromatic rings.